The van der Waals surface area contributed by atoms with Gasteiger partial charge in [0.2, 0.25) is 0 Å². The standard InChI is InChI=1S/C12H14BrNO3/c1-16-7-8-17-14-12(15)6-5-10-3-2-4-11(13)9-10/h2-6,9H,7-8H2,1H3,(H,14,15)/b6-5+. The Morgan fingerprint density at radius 2 is 2.29 bits per heavy atom. The zero-order valence-electron chi connectivity index (χ0n) is 9.48. The number of hydroxylamine groups is 1. The SMILES string of the molecule is COCCONC(=O)/C=C/c1cccc(Br)c1. The number of amides is 1. The minimum absolute atomic E-state index is 0.305. The van der Waals surface area contributed by atoms with Crippen molar-refractivity contribution in [3.63, 3.8) is 0 Å². The lowest BCUT2D eigenvalue weighted by Crippen LogP contribution is -2.23. The van der Waals surface area contributed by atoms with Gasteiger partial charge in [0, 0.05) is 17.7 Å². The molecule has 0 aliphatic carbocycles. The van der Waals surface area contributed by atoms with E-state index in [2.05, 4.69) is 21.4 Å². The van der Waals surface area contributed by atoms with E-state index >= 15 is 0 Å². The molecule has 5 heteroatoms. The highest BCUT2D eigenvalue weighted by atomic mass is 79.9. The van der Waals surface area contributed by atoms with Crippen molar-refractivity contribution in [2.75, 3.05) is 20.3 Å². The molecule has 0 unspecified atom stereocenters. The summed E-state index contributed by atoms with van der Waals surface area (Å²) < 4.78 is 5.74. The van der Waals surface area contributed by atoms with E-state index in [1.54, 1.807) is 13.2 Å². The molecular formula is C12H14BrNO3. The summed E-state index contributed by atoms with van der Waals surface area (Å²) in [4.78, 5) is 16.2. The Balaban J connectivity index is 2.35. The lowest BCUT2D eigenvalue weighted by molar-refractivity contribution is -0.129. The Bertz CT molecular complexity index is 393. The van der Waals surface area contributed by atoms with Crippen LogP contribution in [0.3, 0.4) is 0 Å². The predicted molar refractivity (Wildman–Crippen MR) is 69.1 cm³/mol. The fourth-order valence-corrected chi connectivity index (χ4v) is 1.48. The van der Waals surface area contributed by atoms with Gasteiger partial charge < -0.3 is 4.74 Å². The summed E-state index contributed by atoms with van der Waals surface area (Å²) in [5, 5.41) is 0. The molecule has 0 bridgehead atoms. The van der Waals surface area contributed by atoms with Crippen LogP contribution in [0.5, 0.6) is 0 Å². The second kappa shape index (κ2) is 8.00. The number of ether oxygens (including phenoxy) is 1. The summed E-state index contributed by atoms with van der Waals surface area (Å²) in [5.41, 5.74) is 3.22. The van der Waals surface area contributed by atoms with E-state index in [9.17, 15) is 4.79 Å². The highest BCUT2D eigenvalue weighted by Gasteiger charge is 1.95. The summed E-state index contributed by atoms with van der Waals surface area (Å²) in [6, 6.07) is 7.64. The third-order valence-electron chi connectivity index (χ3n) is 1.84. The second-order valence-corrected chi connectivity index (χ2v) is 4.11. The topological polar surface area (TPSA) is 47.6 Å². The average Bonchev–Trinajstić information content (AvgIpc) is 2.32. The molecule has 1 rings (SSSR count). The molecule has 0 fully saturated rings. The van der Waals surface area contributed by atoms with Crippen LogP contribution in [0.4, 0.5) is 0 Å². The summed E-state index contributed by atoms with van der Waals surface area (Å²) in [7, 11) is 1.57. The molecule has 0 aliphatic heterocycles. The van der Waals surface area contributed by atoms with Gasteiger partial charge in [-0.3, -0.25) is 9.63 Å². The first-order chi connectivity index (χ1) is 8.22. The lowest BCUT2D eigenvalue weighted by Gasteiger charge is -2.01. The molecule has 0 aliphatic rings. The Morgan fingerprint density at radius 1 is 1.47 bits per heavy atom. The maximum Gasteiger partial charge on any atom is 0.267 e. The first-order valence-corrected chi connectivity index (χ1v) is 5.86. The molecule has 0 radical (unpaired) electrons. The molecule has 0 saturated heterocycles. The van der Waals surface area contributed by atoms with Crippen molar-refractivity contribution in [2.24, 2.45) is 0 Å². The van der Waals surface area contributed by atoms with E-state index in [0.29, 0.717) is 13.2 Å². The van der Waals surface area contributed by atoms with Gasteiger partial charge in [0.05, 0.1) is 13.2 Å². The fraction of sp³-hybridized carbons (Fsp3) is 0.250. The smallest absolute Gasteiger partial charge is 0.267 e. The Morgan fingerprint density at radius 3 is 3.00 bits per heavy atom. The van der Waals surface area contributed by atoms with Crippen molar-refractivity contribution in [3.8, 4) is 0 Å². The minimum atomic E-state index is -0.305. The van der Waals surface area contributed by atoms with E-state index in [4.69, 9.17) is 9.57 Å². The maximum atomic E-state index is 11.3. The number of rotatable bonds is 6. The molecular weight excluding hydrogens is 286 g/mol. The molecule has 0 aromatic heterocycles. The van der Waals surface area contributed by atoms with Gasteiger partial charge in [-0.25, -0.2) is 5.48 Å². The average molecular weight is 300 g/mol. The number of carbonyl (C=O) groups excluding carboxylic acids is 1. The Labute approximate surface area is 109 Å². The van der Waals surface area contributed by atoms with Crippen LogP contribution >= 0.6 is 15.9 Å². The van der Waals surface area contributed by atoms with E-state index in [1.165, 1.54) is 6.08 Å². The number of hydrogen-bond donors (Lipinski definition) is 1. The molecule has 0 heterocycles. The number of hydrogen-bond acceptors (Lipinski definition) is 3. The van der Waals surface area contributed by atoms with Crippen LogP contribution in [0.15, 0.2) is 34.8 Å². The first-order valence-electron chi connectivity index (χ1n) is 5.06. The van der Waals surface area contributed by atoms with E-state index in [-0.39, 0.29) is 5.91 Å². The van der Waals surface area contributed by atoms with Gasteiger partial charge >= 0.3 is 0 Å². The normalized spacial score (nSPS) is 10.7. The molecule has 1 aromatic carbocycles. The number of halogens is 1. The molecule has 92 valence electrons. The Kier molecular flexibility index (Phi) is 6.54. The summed E-state index contributed by atoms with van der Waals surface area (Å²) in [6.07, 6.45) is 3.12. The highest BCUT2D eigenvalue weighted by molar-refractivity contribution is 9.10. The molecule has 1 amide bonds. The monoisotopic (exact) mass is 299 g/mol. The number of methoxy groups -OCH3 is 1. The maximum absolute atomic E-state index is 11.3. The fourth-order valence-electron chi connectivity index (χ4n) is 1.06. The second-order valence-electron chi connectivity index (χ2n) is 3.20. The predicted octanol–water partition coefficient (Wildman–Crippen LogP) is 2.16. The van der Waals surface area contributed by atoms with Gasteiger partial charge in [-0.15, -0.1) is 0 Å². The zero-order valence-corrected chi connectivity index (χ0v) is 11.1. The van der Waals surface area contributed by atoms with Crippen molar-refractivity contribution < 1.29 is 14.4 Å². The third-order valence-corrected chi connectivity index (χ3v) is 2.33. The third kappa shape index (κ3) is 6.21. The van der Waals surface area contributed by atoms with Crippen molar-refractivity contribution in [3.05, 3.63) is 40.4 Å². The first kappa shape index (κ1) is 13.9. The molecule has 4 nitrogen and oxygen atoms in total. The van der Waals surface area contributed by atoms with Crippen LogP contribution < -0.4 is 5.48 Å². The summed E-state index contributed by atoms with van der Waals surface area (Å²) in [6.45, 7) is 0.766. The van der Waals surface area contributed by atoms with Crippen LogP contribution in [-0.4, -0.2) is 26.2 Å². The molecule has 17 heavy (non-hydrogen) atoms. The molecule has 0 saturated carbocycles. The van der Waals surface area contributed by atoms with Gasteiger partial charge in [0.25, 0.3) is 5.91 Å². The van der Waals surface area contributed by atoms with Crippen LogP contribution in [0, 0.1) is 0 Å². The quantitative estimate of drug-likeness (QED) is 0.497. The Hall–Kier alpha value is -1.17. The highest BCUT2D eigenvalue weighted by Crippen LogP contribution is 2.12. The molecule has 1 N–H and O–H groups in total. The van der Waals surface area contributed by atoms with E-state index in [0.717, 1.165) is 10.0 Å². The van der Waals surface area contributed by atoms with Crippen molar-refractivity contribution in [2.45, 2.75) is 0 Å². The van der Waals surface area contributed by atoms with Gasteiger partial charge in [0.1, 0.15) is 0 Å². The number of carbonyl (C=O) groups is 1. The van der Waals surface area contributed by atoms with Gasteiger partial charge in [-0.05, 0) is 23.8 Å². The van der Waals surface area contributed by atoms with Gasteiger partial charge in [0.15, 0.2) is 0 Å². The molecule has 1 aromatic rings. The van der Waals surface area contributed by atoms with Gasteiger partial charge in [-0.1, -0.05) is 28.1 Å². The zero-order chi connectivity index (χ0) is 12.5. The van der Waals surface area contributed by atoms with Crippen LogP contribution in [0.2, 0.25) is 0 Å². The van der Waals surface area contributed by atoms with E-state index < -0.39 is 0 Å². The van der Waals surface area contributed by atoms with Crippen LogP contribution in [0.1, 0.15) is 5.56 Å². The van der Waals surface area contributed by atoms with Crippen molar-refractivity contribution >= 4 is 27.9 Å². The largest absolute Gasteiger partial charge is 0.382 e. The summed E-state index contributed by atoms with van der Waals surface area (Å²) >= 11 is 3.36. The van der Waals surface area contributed by atoms with Crippen molar-refractivity contribution in [1.82, 2.24) is 5.48 Å². The number of nitrogens with one attached hydrogen (secondary N) is 1. The lowest BCUT2D eigenvalue weighted by atomic mass is 10.2. The molecule has 0 atom stereocenters. The minimum Gasteiger partial charge on any atom is -0.382 e. The summed E-state index contributed by atoms with van der Waals surface area (Å²) in [5.74, 6) is -0.305. The van der Waals surface area contributed by atoms with Crippen molar-refractivity contribution in [1.29, 1.82) is 0 Å². The van der Waals surface area contributed by atoms with Crippen LogP contribution in [-0.2, 0) is 14.4 Å². The number of benzene rings is 1. The van der Waals surface area contributed by atoms with E-state index in [1.807, 2.05) is 24.3 Å². The van der Waals surface area contributed by atoms with Crippen LogP contribution in [0.25, 0.3) is 6.08 Å². The molecule has 0 spiro atoms. The van der Waals surface area contributed by atoms with Gasteiger partial charge in [-0.2, -0.15) is 0 Å².